The number of rotatable bonds is 4. The van der Waals surface area contributed by atoms with Crippen LogP contribution in [0.4, 0.5) is 0 Å². The van der Waals surface area contributed by atoms with Crippen LogP contribution in [0.5, 0.6) is 5.75 Å². The lowest BCUT2D eigenvalue weighted by atomic mass is 9.80. The van der Waals surface area contributed by atoms with Crippen molar-refractivity contribution in [3.8, 4) is 5.75 Å². The van der Waals surface area contributed by atoms with E-state index in [1.165, 1.54) is 5.56 Å². The third kappa shape index (κ3) is 4.76. The number of phenols is 1. The van der Waals surface area contributed by atoms with Crippen molar-refractivity contribution in [1.82, 2.24) is 4.98 Å². The van der Waals surface area contributed by atoms with Gasteiger partial charge in [-0.2, -0.15) is 0 Å². The Kier molecular flexibility index (Phi) is 5.64. The zero-order valence-electron chi connectivity index (χ0n) is 15.7. The molecule has 130 valence electrons. The second-order valence-corrected chi connectivity index (χ2v) is 9.43. The van der Waals surface area contributed by atoms with Crippen LogP contribution >= 0.6 is 11.8 Å². The van der Waals surface area contributed by atoms with Crippen molar-refractivity contribution in [2.45, 2.75) is 63.7 Å². The number of phenolic OH excluding ortho intramolecular Hbond substituents is 1. The van der Waals surface area contributed by atoms with E-state index in [1.54, 1.807) is 11.8 Å². The number of benzene rings is 1. The summed E-state index contributed by atoms with van der Waals surface area (Å²) in [5.41, 5.74) is 3.36. The average molecular weight is 344 g/mol. The van der Waals surface area contributed by atoms with Crippen molar-refractivity contribution >= 4 is 11.8 Å². The predicted octanol–water partition coefficient (Wildman–Crippen LogP) is 5.72. The lowest BCUT2D eigenvalue weighted by molar-refractivity contribution is 0.432. The molecular weight excluding hydrogens is 314 g/mol. The van der Waals surface area contributed by atoms with E-state index < -0.39 is 0 Å². The number of aromatic nitrogens is 1. The van der Waals surface area contributed by atoms with Crippen LogP contribution in [0.1, 0.15) is 58.4 Å². The largest absolute Gasteiger partial charge is 0.506 e. The number of hydrogen-bond acceptors (Lipinski definition) is 3. The van der Waals surface area contributed by atoms with Gasteiger partial charge in [0.05, 0.1) is 0 Å². The summed E-state index contributed by atoms with van der Waals surface area (Å²) in [7, 11) is 0. The Bertz CT molecular complexity index is 681. The minimum absolute atomic E-state index is 0.0595. The highest BCUT2D eigenvalue weighted by Gasteiger charge is 2.25. The Morgan fingerprint density at radius 1 is 1.00 bits per heavy atom. The van der Waals surface area contributed by atoms with E-state index in [0.29, 0.717) is 5.75 Å². The molecule has 0 aliphatic heterocycles. The summed E-state index contributed by atoms with van der Waals surface area (Å²) >= 11 is 1.71. The van der Waals surface area contributed by atoms with Gasteiger partial charge in [0.15, 0.2) is 0 Å². The number of hydrogen-bond donors (Lipinski definition) is 1. The fourth-order valence-electron chi connectivity index (χ4n) is 2.53. The van der Waals surface area contributed by atoms with Gasteiger partial charge in [-0.25, -0.2) is 0 Å². The zero-order valence-corrected chi connectivity index (χ0v) is 16.5. The Balaban J connectivity index is 2.27. The van der Waals surface area contributed by atoms with Crippen LogP contribution in [0.3, 0.4) is 0 Å². The van der Waals surface area contributed by atoms with Crippen molar-refractivity contribution < 1.29 is 5.11 Å². The van der Waals surface area contributed by atoms with E-state index in [4.69, 9.17) is 0 Å². The molecular formula is C21H29NOS. The van der Waals surface area contributed by atoms with Gasteiger partial charge in [0.1, 0.15) is 5.75 Å². The molecule has 0 aliphatic carbocycles. The lowest BCUT2D eigenvalue weighted by Crippen LogP contribution is -2.17. The van der Waals surface area contributed by atoms with Gasteiger partial charge in [-0.3, -0.25) is 4.98 Å². The summed E-state index contributed by atoms with van der Waals surface area (Å²) in [6.07, 6.45) is 2.73. The quantitative estimate of drug-likeness (QED) is 0.721. The standard InChI is InChI=1S/C21H29NOS/c1-20(2,3)15-13-17(21(4,5)6)19(23)18(14-15)24-12-10-16-9-7-8-11-22-16/h7-9,11,13-14,23H,10,12H2,1-6H3. The lowest BCUT2D eigenvalue weighted by Gasteiger charge is -2.27. The molecule has 2 rings (SSSR count). The highest BCUT2D eigenvalue weighted by atomic mass is 32.2. The summed E-state index contributed by atoms with van der Waals surface area (Å²) in [6, 6.07) is 10.3. The van der Waals surface area contributed by atoms with Gasteiger partial charge in [-0.15, -0.1) is 11.8 Å². The first-order valence-corrected chi connectivity index (χ1v) is 9.48. The molecule has 0 saturated heterocycles. The SMILES string of the molecule is CC(C)(C)c1cc(SCCc2ccccn2)c(O)c(C(C)(C)C)c1. The van der Waals surface area contributed by atoms with E-state index >= 15 is 0 Å². The molecule has 0 unspecified atom stereocenters. The number of thioether (sulfide) groups is 1. The van der Waals surface area contributed by atoms with Crippen molar-refractivity contribution in [3.63, 3.8) is 0 Å². The third-order valence-corrected chi connectivity index (χ3v) is 5.12. The average Bonchev–Trinajstić information content (AvgIpc) is 2.47. The molecule has 1 aromatic carbocycles. The third-order valence-electron chi connectivity index (χ3n) is 4.09. The van der Waals surface area contributed by atoms with Gasteiger partial charge in [0, 0.05) is 28.1 Å². The van der Waals surface area contributed by atoms with Gasteiger partial charge in [0.2, 0.25) is 0 Å². The fraction of sp³-hybridized carbons (Fsp3) is 0.476. The van der Waals surface area contributed by atoms with Gasteiger partial charge < -0.3 is 5.11 Å². The first kappa shape index (κ1) is 18.9. The molecule has 0 fully saturated rings. The second kappa shape index (κ2) is 7.18. The maximum absolute atomic E-state index is 10.8. The van der Waals surface area contributed by atoms with Gasteiger partial charge >= 0.3 is 0 Å². The number of pyridine rings is 1. The molecule has 0 aliphatic rings. The normalized spacial score (nSPS) is 12.4. The van der Waals surface area contributed by atoms with E-state index in [0.717, 1.165) is 28.3 Å². The number of aryl methyl sites for hydroxylation is 1. The molecule has 0 amide bonds. The molecule has 1 heterocycles. The van der Waals surface area contributed by atoms with E-state index in [-0.39, 0.29) is 10.8 Å². The second-order valence-electron chi connectivity index (χ2n) is 8.29. The van der Waals surface area contributed by atoms with E-state index in [9.17, 15) is 5.11 Å². The topological polar surface area (TPSA) is 33.1 Å². The molecule has 2 nitrogen and oxygen atoms in total. The first-order chi connectivity index (χ1) is 11.1. The molecule has 1 aromatic heterocycles. The minimum atomic E-state index is -0.0817. The van der Waals surface area contributed by atoms with Crippen LogP contribution in [0.15, 0.2) is 41.4 Å². The molecule has 0 radical (unpaired) electrons. The molecule has 0 saturated carbocycles. The Morgan fingerprint density at radius 2 is 1.71 bits per heavy atom. The maximum atomic E-state index is 10.8. The zero-order chi connectivity index (χ0) is 18.0. The summed E-state index contributed by atoms with van der Waals surface area (Å²) in [6.45, 7) is 13.1. The molecule has 0 spiro atoms. The van der Waals surface area contributed by atoms with Gasteiger partial charge in [0.25, 0.3) is 0 Å². The monoisotopic (exact) mass is 343 g/mol. The Labute approximate surface area is 150 Å². The first-order valence-electron chi connectivity index (χ1n) is 8.50. The highest BCUT2D eigenvalue weighted by molar-refractivity contribution is 7.99. The Morgan fingerprint density at radius 3 is 2.25 bits per heavy atom. The van der Waals surface area contributed by atoms with Crippen LogP contribution in [0, 0.1) is 0 Å². The summed E-state index contributed by atoms with van der Waals surface area (Å²) < 4.78 is 0. The predicted molar refractivity (Wildman–Crippen MR) is 104 cm³/mol. The van der Waals surface area contributed by atoms with Crippen LogP contribution in [0.2, 0.25) is 0 Å². The van der Waals surface area contributed by atoms with E-state index in [2.05, 4.69) is 58.7 Å². The minimum Gasteiger partial charge on any atom is -0.506 e. The molecule has 3 heteroatoms. The Hall–Kier alpha value is -1.48. The number of nitrogens with zero attached hydrogens (tertiary/aromatic N) is 1. The van der Waals surface area contributed by atoms with E-state index in [1.807, 2.05) is 24.4 Å². The van der Waals surface area contributed by atoms with Crippen LogP contribution in [-0.2, 0) is 17.3 Å². The molecule has 0 atom stereocenters. The van der Waals surface area contributed by atoms with Crippen molar-refractivity contribution in [3.05, 3.63) is 53.3 Å². The highest BCUT2D eigenvalue weighted by Crippen LogP contribution is 2.41. The fourth-order valence-corrected chi connectivity index (χ4v) is 3.52. The number of aromatic hydroxyl groups is 1. The van der Waals surface area contributed by atoms with Crippen LogP contribution in [0.25, 0.3) is 0 Å². The van der Waals surface area contributed by atoms with Gasteiger partial charge in [-0.05, 0) is 41.0 Å². The smallest absolute Gasteiger partial charge is 0.132 e. The summed E-state index contributed by atoms with van der Waals surface area (Å²) in [5, 5.41) is 10.8. The van der Waals surface area contributed by atoms with Crippen molar-refractivity contribution in [2.24, 2.45) is 0 Å². The summed E-state index contributed by atoms with van der Waals surface area (Å²) in [4.78, 5) is 5.35. The van der Waals surface area contributed by atoms with Crippen LogP contribution < -0.4 is 0 Å². The molecule has 1 N–H and O–H groups in total. The van der Waals surface area contributed by atoms with Gasteiger partial charge in [-0.1, -0.05) is 53.7 Å². The summed E-state index contributed by atoms with van der Waals surface area (Å²) in [5.74, 6) is 1.34. The molecule has 2 aromatic rings. The van der Waals surface area contributed by atoms with Crippen molar-refractivity contribution in [1.29, 1.82) is 0 Å². The van der Waals surface area contributed by atoms with Crippen LogP contribution in [-0.4, -0.2) is 15.8 Å². The maximum Gasteiger partial charge on any atom is 0.132 e. The van der Waals surface area contributed by atoms with Crippen molar-refractivity contribution in [2.75, 3.05) is 5.75 Å². The molecule has 0 bridgehead atoms. The molecule has 24 heavy (non-hydrogen) atoms.